The molecular formula is C52H50Cl2Hf-4. The van der Waals surface area contributed by atoms with Crippen molar-refractivity contribution in [2.45, 2.75) is 58.8 Å². The molecule has 7 aromatic carbocycles. The van der Waals surface area contributed by atoms with Crippen molar-refractivity contribution in [2.75, 3.05) is 0 Å². The largest absolute Gasteiger partial charge is 1.00 e. The number of halogens is 2. The molecule has 0 saturated carbocycles. The predicted octanol–water partition coefficient (Wildman–Crippen LogP) is 7.72. The van der Waals surface area contributed by atoms with Crippen molar-refractivity contribution in [3.8, 4) is 22.3 Å². The third-order valence-corrected chi connectivity index (χ3v) is 13.2. The normalized spacial score (nSPS) is 11.6. The minimum Gasteiger partial charge on any atom is -1.00 e. The van der Waals surface area contributed by atoms with Gasteiger partial charge in [0.25, 0.3) is 0 Å². The van der Waals surface area contributed by atoms with Gasteiger partial charge in [-0.1, -0.05) is 76.9 Å². The zero-order chi connectivity index (χ0) is 37.3. The summed E-state index contributed by atoms with van der Waals surface area (Å²) in [5, 5.41) is 5.48. The van der Waals surface area contributed by atoms with Gasteiger partial charge in [-0.2, -0.15) is 6.08 Å². The van der Waals surface area contributed by atoms with Gasteiger partial charge < -0.3 is 24.8 Å². The molecule has 1 aliphatic carbocycles. The quantitative estimate of drug-likeness (QED) is 0.125. The Morgan fingerprint density at radius 3 is 1.24 bits per heavy atom. The molecule has 0 aliphatic heterocycles. The Hall–Kier alpha value is -4.14. The molecule has 0 bridgehead atoms. The van der Waals surface area contributed by atoms with Crippen LogP contribution in [0, 0.1) is 6.08 Å². The summed E-state index contributed by atoms with van der Waals surface area (Å²) in [5.41, 5.74) is 11.0. The van der Waals surface area contributed by atoms with E-state index < -0.39 is 21.9 Å². The van der Waals surface area contributed by atoms with E-state index in [1.165, 1.54) is 66.1 Å². The van der Waals surface area contributed by atoms with Gasteiger partial charge in [-0.3, -0.25) is 6.08 Å². The maximum absolute atomic E-state index is 2.99. The summed E-state index contributed by atoms with van der Waals surface area (Å²) in [5.74, 6) is 0. The van der Waals surface area contributed by atoms with Crippen LogP contribution in [0.5, 0.6) is 0 Å². The smallest absolute Gasteiger partial charge is 1.00 e. The van der Waals surface area contributed by atoms with E-state index in [4.69, 9.17) is 0 Å². The second kappa shape index (κ2) is 20.1. The first kappa shape index (κ1) is 43.6. The second-order valence-corrected chi connectivity index (χ2v) is 19.0. The molecule has 0 spiro atoms. The molecule has 0 N–H and O–H groups in total. The summed E-state index contributed by atoms with van der Waals surface area (Å²) >= 11 is -0.910. The van der Waals surface area contributed by atoms with Crippen LogP contribution in [0.4, 0.5) is 0 Å². The van der Waals surface area contributed by atoms with E-state index in [2.05, 4.69) is 213 Å². The van der Waals surface area contributed by atoms with Gasteiger partial charge in [0.15, 0.2) is 0 Å². The Morgan fingerprint density at radius 2 is 0.909 bits per heavy atom. The fraction of sp³-hybridized carbons (Fsp3) is 0.173. The van der Waals surface area contributed by atoms with Crippen molar-refractivity contribution in [1.29, 1.82) is 0 Å². The summed E-state index contributed by atoms with van der Waals surface area (Å²) in [6.45, 7) is 13.6. The van der Waals surface area contributed by atoms with Crippen LogP contribution in [0.1, 0.15) is 70.2 Å². The Kier molecular flexibility index (Phi) is 16.0. The molecule has 280 valence electrons. The molecule has 0 saturated heterocycles. The maximum atomic E-state index is 2.99. The number of benzene rings is 6. The molecule has 0 unspecified atom stereocenters. The first-order valence-electron chi connectivity index (χ1n) is 18.6. The van der Waals surface area contributed by atoms with Crippen molar-refractivity contribution in [3.05, 3.63) is 198 Å². The molecule has 0 nitrogen and oxygen atoms in total. The SMILES string of the molecule is CC(C)(C)c1ccc2c(c1)[cH-]c1cc(C(C)(C)C)ccc12.[C-]1=CC=CC1.[CH](=[Hf]=[CH]c1ccc(-c2ccccc2)cc1)c1ccc(-c2ccccc2)cc1.[Cl-].[Cl-]. The summed E-state index contributed by atoms with van der Waals surface area (Å²) in [6.07, 6.45) is 10.0. The molecule has 0 atom stereocenters. The van der Waals surface area contributed by atoms with Crippen LogP contribution in [-0.4, -0.2) is 7.52 Å². The van der Waals surface area contributed by atoms with Crippen LogP contribution in [-0.2, 0) is 32.8 Å². The fourth-order valence-corrected chi connectivity index (χ4v) is 9.40. The average Bonchev–Trinajstić information content (AvgIpc) is 3.88. The van der Waals surface area contributed by atoms with E-state index in [1.54, 1.807) is 0 Å². The van der Waals surface area contributed by atoms with Crippen LogP contribution in [0.3, 0.4) is 0 Å². The first-order valence-corrected chi connectivity index (χ1v) is 22.8. The molecule has 8 rings (SSSR count). The van der Waals surface area contributed by atoms with Crippen LogP contribution in [0.25, 0.3) is 43.8 Å². The van der Waals surface area contributed by atoms with E-state index in [9.17, 15) is 0 Å². The van der Waals surface area contributed by atoms with Crippen molar-refractivity contribution in [1.82, 2.24) is 0 Å². The van der Waals surface area contributed by atoms with Crippen molar-refractivity contribution in [2.24, 2.45) is 0 Å². The van der Waals surface area contributed by atoms with Crippen molar-refractivity contribution < 1.29 is 46.8 Å². The van der Waals surface area contributed by atoms with Gasteiger partial charge in [0, 0.05) is 0 Å². The third-order valence-electron chi connectivity index (χ3n) is 9.56. The van der Waals surface area contributed by atoms with E-state index in [1.807, 2.05) is 12.2 Å². The van der Waals surface area contributed by atoms with Gasteiger partial charge in [-0.25, -0.2) is 12.2 Å². The molecule has 0 heterocycles. The Labute approximate surface area is 352 Å². The molecule has 1 aliphatic rings. The number of fused-ring (bicyclic) bond motifs is 3. The van der Waals surface area contributed by atoms with Crippen LogP contribution in [0.15, 0.2) is 170 Å². The zero-order valence-corrected chi connectivity index (χ0v) is 37.9. The minimum absolute atomic E-state index is 0. The zero-order valence-electron chi connectivity index (χ0n) is 32.8. The molecule has 0 aromatic heterocycles. The number of hydrogen-bond donors (Lipinski definition) is 0. The summed E-state index contributed by atoms with van der Waals surface area (Å²) in [4.78, 5) is 0. The second-order valence-electron chi connectivity index (χ2n) is 15.7. The maximum Gasteiger partial charge on any atom is -1.00 e. The summed E-state index contributed by atoms with van der Waals surface area (Å²) < 4.78 is 4.92. The molecule has 0 fully saturated rings. The Balaban J connectivity index is 0.000000214. The van der Waals surface area contributed by atoms with Gasteiger partial charge in [0.1, 0.15) is 0 Å². The van der Waals surface area contributed by atoms with E-state index in [0.717, 1.165) is 6.42 Å². The van der Waals surface area contributed by atoms with E-state index >= 15 is 0 Å². The summed E-state index contributed by atoms with van der Waals surface area (Å²) in [7, 11) is 0. The van der Waals surface area contributed by atoms with Crippen molar-refractivity contribution >= 4 is 29.1 Å². The number of allylic oxidation sites excluding steroid dienone is 4. The van der Waals surface area contributed by atoms with Gasteiger partial charge in [0.2, 0.25) is 0 Å². The third kappa shape index (κ3) is 12.2. The summed E-state index contributed by atoms with van der Waals surface area (Å²) in [6, 6.07) is 55.1. The van der Waals surface area contributed by atoms with Crippen molar-refractivity contribution in [3.63, 3.8) is 0 Å². The van der Waals surface area contributed by atoms with Crippen LogP contribution >= 0.6 is 0 Å². The monoisotopic (exact) mass is 924 g/mol. The first-order chi connectivity index (χ1) is 25.5. The molecule has 55 heavy (non-hydrogen) atoms. The van der Waals surface area contributed by atoms with E-state index in [-0.39, 0.29) is 35.6 Å². The molecule has 3 heteroatoms. The minimum atomic E-state index is -0.910. The standard InChI is InChI=1S/C21H25.2C13H10.C5H5.2ClH.Hf/c1-20(2,3)16-7-9-18-14(12-16)11-15-13-17(21(4,5)6)8-10-19(15)18;2*1-11-7-9-13(10-8-11)12-5-3-2-4-6-12;1-2-4-5-3-1;;;/h7-13H,1-6H3;2*1-10H;1-3H,4H2;2*1H;/q-1;;;-1;;;/p-2. The molecular weight excluding hydrogens is 874 g/mol. The van der Waals surface area contributed by atoms with Gasteiger partial charge in [-0.15, -0.1) is 46.2 Å². The predicted molar refractivity (Wildman–Crippen MR) is 230 cm³/mol. The number of hydrogen-bond acceptors (Lipinski definition) is 0. The molecule has 0 amide bonds. The van der Waals surface area contributed by atoms with Gasteiger partial charge in [-0.05, 0) is 10.8 Å². The molecule has 0 radical (unpaired) electrons. The number of rotatable bonds is 4. The van der Waals surface area contributed by atoms with Crippen LogP contribution in [0.2, 0.25) is 0 Å². The average molecular weight is 924 g/mol. The fourth-order valence-electron chi connectivity index (χ4n) is 6.33. The van der Waals surface area contributed by atoms with E-state index in [0.29, 0.717) is 0 Å². The van der Waals surface area contributed by atoms with Crippen LogP contribution < -0.4 is 24.8 Å². The van der Waals surface area contributed by atoms with Gasteiger partial charge >= 0.3 is 172 Å². The van der Waals surface area contributed by atoms with Gasteiger partial charge in [0.05, 0.1) is 0 Å². The Morgan fingerprint density at radius 1 is 0.509 bits per heavy atom. The Bertz CT molecular complexity index is 2210. The molecule has 7 aromatic rings. The topological polar surface area (TPSA) is 0 Å².